The molecule has 0 spiro atoms. The highest BCUT2D eigenvalue weighted by Crippen LogP contribution is 2.32. The van der Waals surface area contributed by atoms with Crippen LogP contribution in [0.3, 0.4) is 0 Å². The molecule has 1 saturated carbocycles. The van der Waals surface area contributed by atoms with Crippen molar-refractivity contribution in [2.45, 2.75) is 38.1 Å². The average Bonchev–Trinajstić information content (AvgIpc) is 2.40. The minimum atomic E-state index is -3.74. The van der Waals surface area contributed by atoms with Crippen LogP contribution in [0.15, 0.2) is 5.16 Å². The van der Waals surface area contributed by atoms with E-state index in [0.29, 0.717) is 18.8 Å². The van der Waals surface area contributed by atoms with Crippen molar-refractivity contribution in [2.75, 3.05) is 20.3 Å². The van der Waals surface area contributed by atoms with Gasteiger partial charge in [-0.2, -0.15) is 17.9 Å². The van der Waals surface area contributed by atoms with Gasteiger partial charge in [0.05, 0.1) is 12.1 Å². The summed E-state index contributed by atoms with van der Waals surface area (Å²) < 4.78 is 33.7. The van der Waals surface area contributed by atoms with Crippen LogP contribution < -0.4 is 15.2 Å². The van der Waals surface area contributed by atoms with Crippen molar-refractivity contribution in [2.24, 2.45) is 16.8 Å². The molecule has 1 fully saturated rings. The number of hydrogen-bond acceptors (Lipinski definition) is 5. The van der Waals surface area contributed by atoms with E-state index >= 15 is 0 Å². The van der Waals surface area contributed by atoms with Crippen LogP contribution in [0, 0.1) is 5.92 Å². The molecule has 8 nitrogen and oxygen atoms in total. The number of ether oxygens (including phenoxy) is 1. The van der Waals surface area contributed by atoms with E-state index in [4.69, 9.17) is 15.7 Å². The summed E-state index contributed by atoms with van der Waals surface area (Å²) in [6.07, 6.45) is 2.65. The number of rotatable bonds is 7. The first kappa shape index (κ1) is 17.2. The lowest BCUT2D eigenvalue weighted by Crippen LogP contribution is -2.61. The summed E-state index contributed by atoms with van der Waals surface area (Å²) >= 11 is 0. The lowest BCUT2D eigenvalue weighted by Gasteiger charge is -2.38. The zero-order valence-corrected chi connectivity index (χ0v) is 12.7. The van der Waals surface area contributed by atoms with Crippen LogP contribution >= 0.6 is 0 Å². The fraction of sp³-hybridized carbons (Fsp3) is 0.909. The maximum Gasteiger partial charge on any atom is 0.277 e. The molecule has 0 radical (unpaired) electrons. The third kappa shape index (κ3) is 4.58. The first-order chi connectivity index (χ1) is 9.35. The van der Waals surface area contributed by atoms with Crippen molar-refractivity contribution in [3.8, 4) is 0 Å². The van der Waals surface area contributed by atoms with Crippen LogP contribution in [-0.4, -0.2) is 45.3 Å². The van der Waals surface area contributed by atoms with Crippen LogP contribution in [0.5, 0.6) is 0 Å². The fourth-order valence-corrected chi connectivity index (χ4v) is 3.58. The van der Waals surface area contributed by atoms with E-state index in [1.165, 1.54) is 7.11 Å². The predicted octanol–water partition coefficient (Wildman–Crippen LogP) is -0.248. The van der Waals surface area contributed by atoms with Gasteiger partial charge in [-0.1, -0.05) is 12.1 Å². The Balaban J connectivity index is 2.80. The second-order valence-corrected chi connectivity index (χ2v) is 6.74. The molecule has 118 valence electrons. The summed E-state index contributed by atoms with van der Waals surface area (Å²) in [6, 6.07) is 0. The van der Waals surface area contributed by atoms with E-state index in [-0.39, 0.29) is 19.0 Å². The largest absolute Gasteiger partial charge is 0.409 e. The molecule has 0 aromatic heterocycles. The number of hydrogen-bond donors (Lipinski definition) is 4. The Morgan fingerprint density at radius 2 is 2.10 bits per heavy atom. The van der Waals surface area contributed by atoms with Gasteiger partial charge in [0, 0.05) is 13.7 Å². The van der Waals surface area contributed by atoms with Crippen LogP contribution in [0.25, 0.3) is 0 Å². The number of methoxy groups -OCH3 is 1. The summed E-state index contributed by atoms with van der Waals surface area (Å²) in [5.74, 6) is 0.405. The van der Waals surface area contributed by atoms with Gasteiger partial charge in [0.2, 0.25) is 0 Å². The molecule has 1 aliphatic carbocycles. The summed E-state index contributed by atoms with van der Waals surface area (Å²) in [5.41, 5.74) is 4.70. The summed E-state index contributed by atoms with van der Waals surface area (Å²) in [6.45, 7) is 2.53. The van der Waals surface area contributed by atoms with Gasteiger partial charge in [-0.05, 0) is 31.6 Å². The van der Waals surface area contributed by atoms with Gasteiger partial charge in [-0.25, -0.2) is 0 Å². The third-order valence-corrected chi connectivity index (χ3v) is 4.90. The molecular weight excluding hydrogens is 284 g/mol. The molecule has 1 aliphatic rings. The van der Waals surface area contributed by atoms with E-state index in [0.717, 1.165) is 12.8 Å². The number of nitrogens with two attached hydrogens (primary N) is 1. The standard InChI is InChI=1S/C11H24N4O4S/c1-9-3-5-11(6-4-9,10(12)14-16)15-20(17,18)13-7-8-19-2/h9,13,15-16H,3-8H2,1-2H3,(H2,12,14). The molecule has 20 heavy (non-hydrogen) atoms. The average molecular weight is 308 g/mol. The quantitative estimate of drug-likeness (QED) is 0.170. The highest BCUT2D eigenvalue weighted by Gasteiger charge is 2.41. The number of nitrogens with one attached hydrogen (secondary N) is 2. The van der Waals surface area contributed by atoms with Crippen LogP contribution in [-0.2, 0) is 14.9 Å². The Bertz CT molecular complexity index is 430. The lowest BCUT2D eigenvalue weighted by atomic mass is 9.77. The zero-order valence-electron chi connectivity index (χ0n) is 11.9. The molecule has 0 heterocycles. The first-order valence-corrected chi connectivity index (χ1v) is 8.09. The van der Waals surface area contributed by atoms with Crippen LogP contribution in [0.4, 0.5) is 0 Å². The SMILES string of the molecule is COCCNS(=O)(=O)NC1(C(N)=NO)CCC(C)CC1. The fourth-order valence-electron chi connectivity index (χ4n) is 2.33. The van der Waals surface area contributed by atoms with Gasteiger partial charge < -0.3 is 15.7 Å². The van der Waals surface area contributed by atoms with Crippen molar-refractivity contribution < 1.29 is 18.4 Å². The van der Waals surface area contributed by atoms with Gasteiger partial charge >= 0.3 is 0 Å². The van der Waals surface area contributed by atoms with Crippen LogP contribution in [0.1, 0.15) is 32.6 Å². The Labute approximate surface area is 119 Å². The van der Waals surface area contributed by atoms with E-state index in [1.54, 1.807) is 0 Å². The number of amidine groups is 1. The Kier molecular flexibility index (Phi) is 6.18. The van der Waals surface area contributed by atoms with Crippen molar-refractivity contribution >= 4 is 16.0 Å². The lowest BCUT2D eigenvalue weighted by molar-refractivity contribution is 0.204. The van der Waals surface area contributed by atoms with Crippen molar-refractivity contribution in [3.05, 3.63) is 0 Å². The summed E-state index contributed by atoms with van der Waals surface area (Å²) in [7, 11) is -2.25. The smallest absolute Gasteiger partial charge is 0.277 e. The van der Waals surface area contributed by atoms with Gasteiger partial charge in [-0.15, -0.1) is 0 Å². The van der Waals surface area contributed by atoms with E-state index < -0.39 is 15.7 Å². The molecule has 0 aromatic carbocycles. The van der Waals surface area contributed by atoms with Crippen molar-refractivity contribution in [1.82, 2.24) is 9.44 Å². The van der Waals surface area contributed by atoms with E-state index in [2.05, 4.69) is 21.5 Å². The third-order valence-electron chi connectivity index (χ3n) is 3.65. The molecule has 5 N–H and O–H groups in total. The molecule has 0 amide bonds. The second-order valence-electron chi connectivity index (χ2n) is 5.24. The Hall–Kier alpha value is -0.900. The molecule has 0 atom stereocenters. The van der Waals surface area contributed by atoms with Crippen LogP contribution in [0.2, 0.25) is 0 Å². The first-order valence-electron chi connectivity index (χ1n) is 6.61. The van der Waals surface area contributed by atoms with E-state index in [1.807, 2.05) is 0 Å². The molecule has 9 heteroatoms. The molecule has 0 aromatic rings. The second kappa shape index (κ2) is 7.21. The number of oxime groups is 1. The number of nitrogens with zero attached hydrogens (tertiary/aromatic N) is 1. The van der Waals surface area contributed by atoms with Gasteiger partial charge in [0.15, 0.2) is 5.84 Å². The predicted molar refractivity (Wildman–Crippen MR) is 75.7 cm³/mol. The van der Waals surface area contributed by atoms with Crippen molar-refractivity contribution in [1.29, 1.82) is 0 Å². The van der Waals surface area contributed by atoms with Crippen molar-refractivity contribution in [3.63, 3.8) is 0 Å². The Morgan fingerprint density at radius 3 is 2.60 bits per heavy atom. The molecule has 0 bridgehead atoms. The molecule has 1 rings (SSSR count). The summed E-state index contributed by atoms with van der Waals surface area (Å²) in [4.78, 5) is 0. The highest BCUT2D eigenvalue weighted by atomic mass is 32.2. The molecule has 0 aliphatic heterocycles. The van der Waals surface area contributed by atoms with Gasteiger partial charge in [-0.3, -0.25) is 0 Å². The monoisotopic (exact) mass is 308 g/mol. The van der Waals surface area contributed by atoms with Gasteiger partial charge in [0.1, 0.15) is 0 Å². The normalized spacial score (nSPS) is 28.5. The molecule has 0 unspecified atom stereocenters. The maximum atomic E-state index is 12.0. The molecule has 0 saturated heterocycles. The topological polar surface area (TPSA) is 126 Å². The summed E-state index contributed by atoms with van der Waals surface area (Å²) in [5, 5.41) is 11.9. The zero-order chi connectivity index (χ0) is 15.2. The minimum absolute atomic E-state index is 0.0958. The highest BCUT2D eigenvalue weighted by molar-refractivity contribution is 7.87. The maximum absolute atomic E-state index is 12.0. The van der Waals surface area contributed by atoms with Gasteiger partial charge in [0.25, 0.3) is 10.2 Å². The Morgan fingerprint density at radius 1 is 1.50 bits per heavy atom. The van der Waals surface area contributed by atoms with E-state index in [9.17, 15) is 8.42 Å². The minimum Gasteiger partial charge on any atom is -0.409 e. The molecular formula is C11H24N4O4S.